The molecule has 1 aromatic carbocycles. The number of sulfone groups is 1. The topological polar surface area (TPSA) is 57.7 Å². The molecule has 140 valence electrons. The maximum Gasteiger partial charge on any atom is 0.236 e. The van der Waals surface area contributed by atoms with E-state index in [1.54, 1.807) is 11.9 Å². The zero-order chi connectivity index (χ0) is 18.8. The lowest BCUT2D eigenvalue weighted by molar-refractivity contribution is -0.132. The van der Waals surface area contributed by atoms with Crippen LogP contribution in [-0.2, 0) is 26.6 Å². The third-order valence-electron chi connectivity index (χ3n) is 4.83. The van der Waals surface area contributed by atoms with Gasteiger partial charge in [-0.15, -0.1) is 0 Å². The summed E-state index contributed by atoms with van der Waals surface area (Å²) in [5.41, 5.74) is 2.58. The van der Waals surface area contributed by atoms with Crippen molar-refractivity contribution in [3.63, 3.8) is 0 Å². The fourth-order valence-electron chi connectivity index (χ4n) is 3.10. The molecular formula is C19H30N2O3S. The Kier molecular flexibility index (Phi) is 5.94. The monoisotopic (exact) mass is 366 g/mol. The predicted molar refractivity (Wildman–Crippen MR) is 101 cm³/mol. The Bertz CT molecular complexity index is 705. The highest BCUT2D eigenvalue weighted by molar-refractivity contribution is 7.91. The summed E-state index contributed by atoms with van der Waals surface area (Å²) in [6.45, 7) is 7.53. The van der Waals surface area contributed by atoms with Gasteiger partial charge >= 0.3 is 0 Å². The lowest BCUT2D eigenvalue weighted by Crippen LogP contribution is -2.42. The number of hydrogen-bond donors (Lipinski definition) is 0. The molecule has 0 saturated carbocycles. The van der Waals surface area contributed by atoms with Crippen molar-refractivity contribution in [2.75, 3.05) is 32.1 Å². The number of amides is 1. The second-order valence-electron chi connectivity index (χ2n) is 8.18. The fourth-order valence-corrected chi connectivity index (χ4v) is 4.88. The average Bonchev–Trinajstić information content (AvgIpc) is 2.86. The Morgan fingerprint density at radius 1 is 1.16 bits per heavy atom. The van der Waals surface area contributed by atoms with Gasteiger partial charge in [0.2, 0.25) is 5.91 Å². The van der Waals surface area contributed by atoms with Crippen molar-refractivity contribution < 1.29 is 13.2 Å². The number of carbonyl (C=O) groups excluding carboxylic acids is 1. The minimum absolute atomic E-state index is 0.0316. The number of carbonyl (C=O) groups is 1. The molecule has 1 aromatic rings. The van der Waals surface area contributed by atoms with Gasteiger partial charge in [-0.3, -0.25) is 9.69 Å². The van der Waals surface area contributed by atoms with Gasteiger partial charge in [-0.05, 0) is 30.0 Å². The molecular weight excluding hydrogens is 336 g/mol. The number of likely N-dealkylation sites (N-methyl/N-ethyl adjacent to an activating group) is 2. The van der Waals surface area contributed by atoms with Crippen LogP contribution in [0, 0.1) is 0 Å². The summed E-state index contributed by atoms with van der Waals surface area (Å²) in [5, 5.41) is 0. The van der Waals surface area contributed by atoms with Gasteiger partial charge in [0.05, 0.1) is 18.1 Å². The van der Waals surface area contributed by atoms with Gasteiger partial charge in [0.25, 0.3) is 0 Å². The van der Waals surface area contributed by atoms with E-state index in [9.17, 15) is 13.2 Å². The van der Waals surface area contributed by atoms with Gasteiger partial charge in [0.15, 0.2) is 9.84 Å². The minimum Gasteiger partial charge on any atom is -0.341 e. The van der Waals surface area contributed by atoms with Crippen LogP contribution in [0.5, 0.6) is 0 Å². The molecule has 1 heterocycles. The van der Waals surface area contributed by atoms with E-state index in [-0.39, 0.29) is 35.4 Å². The summed E-state index contributed by atoms with van der Waals surface area (Å²) in [5.74, 6) is 0.245. The quantitative estimate of drug-likeness (QED) is 0.800. The molecule has 0 N–H and O–H groups in total. The SMILES string of the molecule is CN(CC(=O)N(C)[C@@H]1CCS(=O)(=O)C1)Cc1ccc(C(C)(C)C)cc1. The van der Waals surface area contributed by atoms with Crippen LogP contribution in [0.15, 0.2) is 24.3 Å². The van der Waals surface area contributed by atoms with Crippen LogP contribution in [-0.4, -0.2) is 62.3 Å². The molecule has 0 spiro atoms. The second-order valence-corrected chi connectivity index (χ2v) is 10.4. The molecule has 0 bridgehead atoms. The number of hydrogen-bond acceptors (Lipinski definition) is 4. The fraction of sp³-hybridized carbons (Fsp3) is 0.632. The first-order valence-corrected chi connectivity index (χ1v) is 10.5. The zero-order valence-electron chi connectivity index (χ0n) is 15.9. The van der Waals surface area contributed by atoms with Crippen molar-refractivity contribution >= 4 is 15.7 Å². The van der Waals surface area contributed by atoms with Crippen molar-refractivity contribution in [2.24, 2.45) is 0 Å². The van der Waals surface area contributed by atoms with Crippen molar-refractivity contribution in [1.29, 1.82) is 0 Å². The van der Waals surface area contributed by atoms with E-state index in [1.807, 2.05) is 11.9 Å². The zero-order valence-corrected chi connectivity index (χ0v) is 16.8. The van der Waals surface area contributed by atoms with Crippen LogP contribution >= 0.6 is 0 Å². The molecule has 1 amide bonds. The highest BCUT2D eigenvalue weighted by Gasteiger charge is 2.32. The molecule has 1 atom stereocenters. The van der Waals surface area contributed by atoms with E-state index in [0.29, 0.717) is 13.0 Å². The lowest BCUT2D eigenvalue weighted by atomic mass is 9.87. The van der Waals surface area contributed by atoms with Crippen LogP contribution in [0.1, 0.15) is 38.3 Å². The molecule has 2 rings (SSSR count). The maximum absolute atomic E-state index is 12.4. The van der Waals surface area contributed by atoms with Crippen molar-refractivity contribution in [3.05, 3.63) is 35.4 Å². The van der Waals surface area contributed by atoms with E-state index in [4.69, 9.17) is 0 Å². The molecule has 0 unspecified atom stereocenters. The van der Waals surface area contributed by atoms with E-state index >= 15 is 0 Å². The van der Waals surface area contributed by atoms with Crippen LogP contribution < -0.4 is 0 Å². The van der Waals surface area contributed by atoms with Gasteiger partial charge in [-0.2, -0.15) is 0 Å². The summed E-state index contributed by atoms with van der Waals surface area (Å²) in [6.07, 6.45) is 0.544. The molecule has 5 nitrogen and oxygen atoms in total. The third kappa shape index (κ3) is 5.54. The van der Waals surface area contributed by atoms with Gasteiger partial charge in [-0.1, -0.05) is 45.0 Å². The van der Waals surface area contributed by atoms with E-state index in [1.165, 1.54) is 5.56 Å². The first kappa shape index (κ1) is 19.9. The minimum atomic E-state index is -2.97. The average molecular weight is 367 g/mol. The number of benzene rings is 1. The predicted octanol–water partition coefficient (Wildman–Crippen LogP) is 2.06. The highest BCUT2D eigenvalue weighted by Crippen LogP contribution is 2.22. The molecule has 0 radical (unpaired) electrons. The van der Waals surface area contributed by atoms with Crippen molar-refractivity contribution in [2.45, 2.75) is 45.2 Å². The third-order valence-corrected chi connectivity index (χ3v) is 6.58. The first-order chi connectivity index (χ1) is 11.5. The molecule has 1 saturated heterocycles. The molecule has 1 aliphatic heterocycles. The lowest BCUT2D eigenvalue weighted by Gasteiger charge is -2.26. The number of rotatable bonds is 5. The van der Waals surface area contributed by atoms with Gasteiger partial charge in [0, 0.05) is 19.6 Å². The Morgan fingerprint density at radius 2 is 1.76 bits per heavy atom. The molecule has 25 heavy (non-hydrogen) atoms. The Balaban J connectivity index is 1.89. The summed E-state index contributed by atoms with van der Waals surface area (Å²) in [6, 6.07) is 8.31. The van der Waals surface area contributed by atoms with E-state index < -0.39 is 9.84 Å². The second kappa shape index (κ2) is 7.46. The van der Waals surface area contributed by atoms with Crippen LogP contribution in [0.2, 0.25) is 0 Å². The van der Waals surface area contributed by atoms with Gasteiger partial charge in [-0.25, -0.2) is 8.42 Å². The summed E-state index contributed by atoms with van der Waals surface area (Å²) >= 11 is 0. The largest absolute Gasteiger partial charge is 0.341 e. The molecule has 1 aliphatic rings. The van der Waals surface area contributed by atoms with E-state index in [2.05, 4.69) is 45.0 Å². The molecule has 0 aromatic heterocycles. The standard InChI is InChI=1S/C19H30N2O3S/c1-19(2,3)16-8-6-15(7-9-16)12-20(4)13-18(22)21(5)17-10-11-25(23,24)14-17/h6-9,17H,10-14H2,1-5H3/t17-/m1/s1. The van der Waals surface area contributed by atoms with Gasteiger partial charge < -0.3 is 4.90 Å². The maximum atomic E-state index is 12.4. The molecule has 6 heteroatoms. The summed E-state index contributed by atoms with van der Waals surface area (Å²) in [4.78, 5) is 16.0. The number of nitrogens with zero attached hydrogens (tertiary/aromatic N) is 2. The van der Waals surface area contributed by atoms with Crippen molar-refractivity contribution in [1.82, 2.24) is 9.80 Å². The summed E-state index contributed by atoms with van der Waals surface area (Å²) < 4.78 is 23.2. The van der Waals surface area contributed by atoms with Gasteiger partial charge in [0.1, 0.15) is 0 Å². The Hall–Kier alpha value is -1.40. The van der Waals surface area contributed by atoms with E-state index in [0.717, 1.165) is 5.56 Å². The van der Waals surface area contributed by atoms with Crippen LogP contribution in [0.25, 0.3) is 0 Å². The highest BCUT2D eigenvalue weighted by atomic mass is 32.2. The molecule has 1 fully saturated rings. The van der Waals surface area contributed by atoms with Crippen LogP contribution in [0.4, 0.5) is 0 Å². The van der Waals surface area contributed by atoms with Crippen molar-refractivity contribution in [3.8, 4) is 0 Å². The smallest absolute Gasteiger partial charge is 0.236 e. The summed E-state index contributed by atoms with van der Waals surface area (Å²) in [7, 11) is 0.645. The Labute approximate surface area is 151 Å². The Morgan fingerprint density at radius 3 is 2.24 bits per heavy atom. The first-order valence-electron chi connectivity index (χ1n) is 8.72. The van der Waals surface area contributed by atoms with Crippen LogP contribution in [0.3, 0.4) is 0 Å². The normalized spacial score (nSPS) is 20.0. The molecule has 0 aliphatic carbocycles.